The maximum Gasteiger partial charge on any atom is 0.159 e. The monoisotopic (exact) mass is 239 g/mol. The van der Waals surface area contributed by atoms with E-state index < -0.39 is 11.6 Å². The molecule has 1 nitrogen and oxygen atoms in total. The first-order chi connectivity index (χ1) is 8.19. The molecule has 1 aliphatic carbocycles. The van der Waals surface area contributed by atoms with Crippen LogP contribution in [0.3, 0.4) is 0 Å². The summed E-state index contributed by atoms with van der Waals surface area (Å²) in [6.07, 6.45) is 5.63. The zero-order chi connectivity index (χ0) is 12.3. The molecule has 0 radical (unpaired) electrons. The Morgan fingerprint density at radius 1 is 1.24 bits per heavy atom. The molecule has 2 unspecified atom stereocenters. The Hall–Kier alpha value is -0.960. The second-order valence-electron chi connectivity index (χ2n) is 4.97. The van der Waals surface area contributed by atoms with Crippen LogP contribution in [0.2, 0.25) is 0 Å². The fourth-order valence-corrected chi connectivity index (χ4v) is 2.74. The third kappa shape index (κ3) is 3.25. The number of halogens is 2. The summed E-state index contributed by atoms with van der Waals surface area (Å²) in [5, 5.41) is 3.31. The molecule has 1 N–H and O–H groups in total. The van der Waals surface area contributed by atoms with Crippen LogP contribution in [0.25, 0.3) is 0 Å². The number of hydrogen-bond acceptors (Lipinski definition) is 1. The van der Waals surface area contributed by atoms with Gasteiger partial charge in [-0.1, -0.05) is 18.9 Å². The van der Waals surface area contributed by atoms with Gasteiger partial charge in [0.1, 0.15) is 0 Å². The molecule has 1 aromatic rings. The molecule has 0 spiro atoms. The zero-order valence-electron chi connectivity index (χ0n) is 10.2. The second-order valence-corrected chi connectivity index (χ2v) is 4.97. The predicted octanol–water partition coefficient (Wildman–Crippen LogP) is 3.29. The van der Waals surface area contributed by atoms with Gasteiger partial charge in [-0.15, -0.1) is 0 Å². The van der Waals surface area contributed by atoms with Crippen LogP contribution in [0.15, 0.2) is 18.2 Å². The standard InChI is InChI=1S/C14H19F2N/c1-17-12-4-2-3-10(8-12)7-11-5-6-13(15)14(16)9-11/h5-6,9-10,12,17H,2-4,7-8H2,1H3. The minimum atomic E-state index is -0.759. The van der Waals surface area contributed by atoms with Crippen molar-refractivity contribution in [1.29, 1.82) is 0 Å². The molecule has 94 valence electrons. The van der Waals surface area contributed by atoms with Gasteiger partial charge >= 0.3 is 0 Å². The molecule has 0 aliphatic heterocycles. The molecule has 1 aliphatic rings. The average molecular weight is 239 g/mol. The SMILES string of the molecule is CNC1CCCC(Cc2ccc(F)c(F)c2)C1. The summed E-state index contributed by atoms with van der Waals surface area (Å²) in [5.41, 5.74) is 0.908. The van der Waals surface area contributed by atoms with Crippen molar-refractivity contribution in [3.8, 4) is 0 Å². The maximum absolute atomic E-state index is 13.1. The molecule has 2 rings (SSSR count). The van der Waals surface area contributed by atoms with Crippen molar-refractivity contribution in [3.63, 3.8) is 0 Å². The second kappa shape index (κ2) is 5.58. The van der Waals surface area contributed by atoms with E-state index in [1.165, 1.54) is 31.4 Å². The molecule has 2 atom stereocenters. The quantitative estimate of drug-likeness (QED) is 0.853. The number of nitrogens with one attached hydrogen (secondary N) is 1. The summed E-state index contributed by atoms with van der Waals surface area (Å²) in [6.45, 7) is 0. The largest absolute Gasteiger partial charge is 0.317 e. The molecule has 0 bridgehead atoms. The van der Waals surface area contributed by atoms with Crippen molar-refractivity contribution in [2.45, 2.75) is 38.1 Å². The molecular formula is C14H19F2N. The van der Waals surface area contributed by atoms with E-state index in [1.54, 1.807) is 6.07 Å². The maximum atomic E-state index is 13.1. The van der Waals surface area contributed by atoms with Gasteiger partial charge < -0.3 is 5.32 Å². The summed E-state index contributed by atoms with van der Waals surface area (Å²) < 4.78 is 25.9. The summed E-state index contributed by atoms with van der Waals surface area (Å²) in [5.74, 6) is -0.903. The molecule has 1 aromatic carbocycles. The lowest BCUT2D eigenvalue weighted by Crippen LogP contribution is -2.31. The highest BCUT2D eigenvalue weighted by molar-refractivity contribution is 5.18. The Kier molecular flexibility index (Phi) is 4.11. The van der Waals surface area contributed by atoms with Crippen molar-refractivity contribution in [1.82, 2.24) is 5.32 Å². The van der Waals surface area contributed by atoms with Gasteiger partial charge in [-0.05, 0) is 49.9 Å². The van der Waals surface area contributed by atoms with Crippen LogP contribution < -0.4 is 5.32 Å². The van der Waals surface area contributed by atoms with Gasteiger partial charge in [-0.25, -0.2) is 8.78 Å². The molecule has 0 aromatic heterocycles. The Morgan fingerprint density at radius 2 is 2.06 bits per heavy atom. The lowest BCUT2D eigenvalue weighted by atomic mass is 9.82. The van der Waals surface area contributed by atoms with E-state index in [2.05, 4.69) is 5.32 Å². The Morgan fingerprint density at radius 3 is 2.76 bits per heavy atom. The highest BCUT2D eigenvalue weighted by Gasteiger charge is 2.21. The zero-order valence-corrected chi connectivity index (χ0v) is 10.2. The third-order valence-electron chi connectivity index (χ3n) is 3.70. The minimum Gasteiger partial charge on any atom is -0.317 e. The van der Waals surface area contributed by atoms with E-state index in [1.807, 2.05) is 7.05 Å². The summed E-state index contributed by atoms with van der Waals surface area (Å²) in [4.78, 5) is 0. The number of benzene rings is 1. The molecule has 0 heterocycles. The van der Waals surface area contributed by atoms with E-state index >= 15 is 0 Å². The van der Waals surface area contributed by atoms with Crippen LogP contribution in [0.5, 0.6) is 0 Å². The van der Waals surface area contributed by atoms with Crippen LogP contribution >= 0.6 is 0 Å². The highest BCUT2D eigenvalue weighted by atomic mass is 19.2. The van der Waals surface area contributed by atoms with E-state index in [0.717, 1.165) is 18.4 Å². The van der Waals surface area contributed by atoms with Crippen molar-refractivity contribution in [3.05, 3.63) is 35.4 Å². The van der Waals surface area contributed by atoms with Crippen LogP contribution in [-0.2, 0) is 6.42 Å². The van der Waals surface area contributed by atoms with Gasteiger partial charge in [0.25, 0.3) is 0 Å². The van der Waals surface area contributed by atoms with Gasteiger partial charge in [0.2, 0.25) is 0 Å². The van der Waals surface area contributed by atoms with Crippen LogP contribution in [-0.4, -0.2) is 13.1 Å². The first-order valence-corrected chi connectivity index (χ1v) is 6.30. The lowest BCUT2D eigenvalue weighted by Gasteiger charge is -2.28. The van der Waals surface area contributed by atoms with E-state index in [0.29, 0.717) is 12.0 Å². The summed E-state index contributed by atoms with van der Waals surface area (Å²) in [7, 11) is 1.99. The van der Waals surface area contributed by atoms with Gasteiger partial charge in [-0.3, -0.25) is 0 Å². The van der Waals surface area contributed by atoms with Crippen LogP contribution in [0.1, 0.15) is 31.2 Å². The minimum absolute atomic E-state index is 0.582. The molecule has 17 heavy (non-hydrogen) atoms. The van der Waals surface area contributed by atoms with Crippen LogP contribution in [0, 0.1) is 17.6 Å². The van der Waals surface area contributed by atoms with Gasteiger partial charge in [0, 0.05) is 6.04 Å². The van der Waals surface area contributed by atoms with Gasteiger partial charge in [0.05, 0.1) is 0 Å². The van der Waals surface area contributed by atoms with Gasteiger partial charge in [-0.2, -0.15) is 0 Å². The first-order valence-electron chi connectivity index (χ1n) is 6.30. The third-order valence-corrected chi connectivity index (χ3v) is 3.70. The van der Waals surface area contributed by atoms with E-state index in [9.17, 15) is 8.78 Å². The summed E-state index contributed by atoms with van der Waals surface area (Å²) in [6, 6.07) is 4.84. The van der Waals surface area contributed by atoms with E-state index in [4.69, 9.17) is 0 Å². The molecule has 0 saturated heterocycles. The fourth-order valence-electron chi connectivity index (χ4n) is 2.74. The van der Waals surface area contributed by atoms with Crippen molar-refractivity contribution < 1.29 is 8.78 Å². The smallest absolute Gasteiger partial charge is 0.159 e. The van der Waals surface area contributed by atoms with Crippen molar-refractivity contribution >= 4 is 0 Å². The van der Waals surface area contributed by atoms with Crippen LogP contribution in [0.4, 0.5) is 8.78 Å². The Labute approximate surface area is 101 Å². The normalized spacial score (nSPS) is 24.9. The van der Waals surface area contributed by atoms with E-state index in [-0.39, 0.29) is 0 Å². The first kappa shape index (κ1) is 12.5. The topological polar surface area (TPSA) is 12.0 Å². The predicted molar refractivity (Wildman–Crippen MR) is 64.9 cm³/mol. The molecule has 1 saturated carbocycles. The van der Waals surface area contributed by atoms with Crippen molar-refractivity contribution in [2.24, 2.45) is 5.92 Å². The summed E-state index contributed by atoms with van der Waals surface area (Å²) >= 11 is 0. The molecular weight excluding hydrogens is 220 g/mol. The Bertz CT molecular complexity index is 378. The number of rotatable bonds is 3. The average Bonchev–Trinajstić information content (AvgIpc) is 2.34. The highest BCUT2D eigenvalue weighted by Crippen LogP contribution is 2.27. The number of hydrogen-bond donors (Lipinski definition) is 1. The lowest BCUT2D eigenvalue weighted by molar-refractivity contribution is 0.294. The molecule has 1 fully saturated rings. The fraction of sp³-hybridized carbons (Fsp3) is 0.571. The Balaban J connectivity index is 1.97. The van der Waals surface area contributed by atoms with Gasteiger partial charge in [0.15, 0.2) is 11.6 Å². The van der Waals surface area contributed by atoms with Crippen molar-refractivity contribution in [2.75, 3.05) is 7.05 Å². The molecule has 0 amide bonds. The molecule has 3 heteroatoms.